The van der Waals surface area contributed by atoms with Crippen molar-refractivity contribution < 1.29 is 13.2 Å². The molecular formula is C20H35N5O3S. The van der Waals surface area contributed by atoms with Gasteiger partial charge >= 0.3 is 0 Å². The molecule has 1 aliphatic rings. The number of guanidine groups is 1. The van der Waals surface area contributed by atoms with Crippen LogP contribution in [0.25, 0.3) is 0 Å². The Balaban J connectivity index is 1.90. The lowest BCUT2D eigenvalue weighted by atomic mass is 10.2. The van der Waals surface area contributed by atoms with Crippen molar-refractivity contribution >= 4 is 21.7 Å². The molecule has 1 aromatic carbocycles. The van der Waals surface area contributed by atoms with Crippen LogP contribution < -0.4 is 15.0 Å². The third kappa shape index (κ3) is 7.08. The summed E-state index contributed by atoms with van der Waals surface area (Å²) in [5, 5.41) is 3.36. The summed E-state index contributed by atoms with van der Waals surface area (Å²) in [5.41, 5.74) is 1.17. The van der Waals surface area contributed by atoms with E-state index in [4.69, 9.17) is 9.73 Å². The predicted molar refractivity (Wildman–Crippen MR) is 119 cm³/mol. The molecule has 1 saturated heterocycles. The minimum absolute atomic E-state index is 0.495. The Morgan fingerprint density at radius 3 is 2.55 bits per heavy atom. The normalized spacial score (nSPS) is 15.7. The molecule has 1 N–H and O–H groups in total. The Kier molecular flexibility index (Phi) is 9.03. The van der Waals surface area contributed by atoms with Crippen LogP contribution in [0.15, 0.2) is 29.3 Å². The third-order valence-corrected chi connectivity index (χ3v) is 6.36. The summed E-state index contributed by atoms with van der Waals surface area (Å²) in [6, 6.07) is 8.15. The van der Waals surface area contributed by atoms with Crippen LogP contribution in [0.5, 0.6) is 5.75 Å². The smallest absolute Gasteiger partial charge is 0.211 e. The highest BCUT2D eigenvalue weighted by Gasteiger charge is 2.20. The number of piperazine rings is 1. The van der Waals surface area contributed by atoms with Crippen molar-refractivity contribution in [2.24, 2.45) is 4.99 Å². The van der Waals surface area contributed by atoms with Gasteiger partial charge < -0.3 is 19.9 Å². The average molecular weight is 426 g/mol. The summed E-state index contributed by atoms with van der Waals surface area (Å²) in [6.45, 7) is 9.91. The first-order valence-corrected chi connectivity index (χ1v) is 12.1. The SMILES string of the molecule is CCNC(=NCCCN(CC)S(C)(=O)=O)N1CCN(c2cccc(OC)c2)CC1. The van der Waals surface area contributed by atoms with Crippen LogP contribution >= 0.6 is 0 Å². The van der Waals surface area contributed by atoms with E-state index >= 15 is 0 Å². The Morgan fingerprint density at radius 1 is 1.24 bits per heavy atom. The van der Waals surface area contributed by atoms with Crippen molar-refractivity contribution in [1.29, 1.82) is 0 Å². The number of rotatable bonds is 9. The van der Waals surface area contributed by atoms with Crippen LogP contribution in [0.2, 0.25) is 0 Å². The minimum Gasteiger partial charge on any atom is -0.497 e. The number of nitrogens with one attached hydrogen (secondary N) is 1. The molecule has 0 aromatic heterocycles. The van der Waals surface area contributed by atoms with Crippen molar-refractivity contribution in [3.63, 3.8) is 0 Å². The molecule has 29 heavy (non-hydrogen) atoms. The van der Waals surface area contributed by atoms with Crippen LogP contribution in [0.3, 0.4) is 0 Å². The van der Waals surface area contributed by atoms with Gasteiger partial charge in [-0.3, -0.25) is 4.99 Å². The topological polar surface area (TPSA) is 77.5 Å². The molecule has 9 heteroatoms. The average Bonchev–Trinajstić information content (AvgIpc) is 2.72. The van der Waals surface area contributed by atoms with Crippen molar-refractivity contribution in [1.82, 2.24) is 14.5 Å². The molecule has 0 amide bonds. The fourth-order valence-corrected chi connectivity index (χ4v) is 4.33. The van der Waals surface area contributed by atoms with E-state index in [-0.39, 0.29) is 0 Å². The first-order chi connectivity index (χ1) is 13.9. The second-order valence-electron chi connectivity index (χ2n) is 7.02. The van der Waals surface area contributed by atoms with Crippen LogP contribution in [0.1, 0.15) is 20.3 Å². The Labute approximate surface area is 175 Å². The molecule has 164 valence electrons. The Hall–Kier alpha value is -2.00. The molecule has 0 atom stereocenters. The summed E-state index contributed by atoms with van der Waals surface area (Å²) in [6.07, 6.45) is 1.96. The second-order valence-corrected chi connectivity index (χ2v) is 9.00. The van der Waals surface area contributed by atoms with E-state index in [0.29, 0.717) is 26.1 Å². The zero-order valence-electron chi connectivity index (χ0n) is 18.1. The van der Waals surface area contributed by atoms with Gasteiger partial charge in [-0.05, 0) is 25.5 Å². The third-order valence-electron chi connectivity index (χ3n) is 4.98. The molecule has 1 heterocycles. The zero-order chi connectivity index (χ0) is 21.3. The minimum atomic E-state index is -3.14. The number of aliphatic imine (C=N–C) groups is 1. The van der Waals surface area contributed by atoms with Gasteiger partial charge in [-0.1, -0.05) is 13.0 Å². The fourth-order valence-electron chi connectivity index (χ4n) is 3.40. The highest BCUT2D eigenvalue weighted by molar-refractivity contribution is 7.88. The van der Waals surface area contributed by atoms with E-state index in [1.165, 1.54) is 16.2 Å². The number of sulfonamides is 1. The maximum absolute atomic E-state index is 11.7. The van der Waals surface area contributed by atoms with Gasteiger partial charge in [-0.2, -0.15) is 0 Å². The van der Waals surface area contributed by atoms with Gasteiger partial charge in [-0.15, -0.1) is 0 Å². The number of methoxy groups -OCH3 is 1. The van der Waals surface area contributed by atoms with Gasteiger partial charge in [0.1, 0.15) is 5.75 Å². The van der Waals surface area contributed by atoms with E-state index < -0.39 is 10.0 Å². The van der Waals surface area contributed by atoms with Crippen LogP contribution in [0, 0.1) is 0 Å². The Morgan fingerprint density at radius 2 is 1.97 bits per heavy atom. The Bertz CT molecular complexity index is 761. The van der Waals surface area contributed by atoms with E-state index in [1.54, 1.807) is 7.11 Å². The lowest BCUT2D eigenvalue weighted by Gasteiger charge is -2.37. The lowest BCUT2D eigenvalue weighted by Crippen LogP contribution is -2.52. The van der Waals surface area contributed by atoms with Crippen molar-refractivity contribution in [3.05, 3.63) is 24.3 Å². The number of hydrogen-bond acceptors (Lipinski definition) is 5. The van der Waals surface area contributed by atoms with Crippen molar-refractivity contribution in [3.8, 4) is 5.75 Å². The lowest BCUT2D eigenvalue weighted by molar-refractivity contribution is 0.371. The highest BCUT2D eigenvalue weighted by atomic mass is 32.2. The largest absolute Gasteiger partial charge is 0.497 e. The van der Waals surface area contributed by atoms with Crippen molar-refractivity contribution in [2.45, 2.75) is 20.3 Å². The van der Waals surface area contributed by atoms with Gasteiger partial charge in [0.15, 0.2) is 5.96 Å². The molecule has 0 spiro atoms. The molecule has 8 nitrogen and oxygen atoms in total. The van der Waals surface area contributed by atoms with Gasteiger partial charge in [0.2, 0.25) is 10.0 Å². The monoisotopic (exact) mass is 425 g/mol. The summed E-state index contributed by atoms with van der Waals surface area (Å²) in [5.74, 6) is 1.77. The van der Waals surface area contributed by atoms with E-state index in [2.05, 4.69) is 34.2 Å². The highest BCUT2D eigenvalue weighted by Crippen LogP contribution is 2.22. The maximum atomic E-state index is 11.7. The first-order valence-electron chi connectivity index (χ1n) is 10.3. The molecule has 2 rings (SSSR count). The zero-order valence-corrected chi connectivity index (χ0v) is 18.9. The second kappa shape index (κ2) is 11.3. The van der Waals surface area contributed by atoms with Gasteiger partial charge in [-0.25, -0.2) is 12.7 Å². The summed E-state index contributed by atoms with van der Waals surface area (Å²) < 4.78 is 30.2. The van der Waals surface area contributed by atoms with Crippen LogP contribution in [-0.2, 0) is 10.0 Å². The van der Waals surface area contributed by atoms with Gasteiger partial charge in [0.05, 0.1) is 13.4 Å². The molecule has 1 aliphatic heterocycles. The van der Waals surface area contributed by atoms with Crippen LogP contribution in [-0.4, -0.2) is 89.3 Å². The standard InChI is InChI=1S/C20H35N5O3S/c1-5-21-20(22-11-8-12-25(6-2)29(4,26)27)24-15-13-23(14-16-24)18-9-7-10-19(17-18)28-3/h7,9-10,17H,5-6,8,11-16H2,1-4H3,(H,21,22). The predicted octanol–water partition coefficient (Wildman–Crippen LogP) is 1.45. The van der Waals surface area contributed by atoms with E-state index in [1.807, 2.05) is 19.1 Å². The summed E-state index contributed by atoms with van der Waals surface area (Å²) >= 11 is 0. The fraction of sp³-hybridized carbons (Fsp3) is 0.650. The van der Waals surface area contributed by atoms with E-state index in [9.17, 15) is 8.42 Å². The summed E-state index contributed by atoms with van der Waals surface area (Å²) in [4.78, 5) is 9.35. The van der Waals surface area contributed by atoms with Crippen LogP contribution in [0.4, 0.5) is 5.69 Å². The quantitative estimate of drug-likeness (QED) is 0.367. The molecule has 0 unspecified atom stereocenters. The molecule has 1 aromatic rings. The molecular weight excluding hydrogens is 390 g/mol. The number of nitrogens with zero attached hydrogens (tertiary/aromatic N) is 4. The molecule has 0 radical (unpaired) electrons. The molecule has 1 fully saturated rings. The molecule has 0 bridgehead atoms. The van der Waals surface area contributed by atoms with E-state index in [0.717, 1.165) is 44.4 Å². The maximum Gasteiger partial charge on any atom is 0.211 e. The number of hydrogen-bond donors (Lipinski definition) is 1. The molecule has 0 aliphatic carbocycles. The van der Waals surface area contributed by atoms with Gasteiger partial charge in [0, 0.05) is 64.1 Å². The van der Waals surface area contributed by atoms with Gasteiger partial charge in [0.25, 0.3) is 0 Å². The van der Waals surface area contributed by atoms with Crippen molar-refractivity contribution in [2.75, 3.05) is 70.6 Å². The number of anilines is 1. The number of ether oxygens (including phenoxy) is 1. The first kappa shape index (κ1) is 23.3. The number of benzene rings is 1. The molecule has 0 saturated carbocycles. The summed E-state index contributed by atoms with van der Waals surface area (Å²) in [7, 11) is -1.45.